The van der Waals surface area contributed by atoms with Gasteiger partial charge in [-0.05, 0) is 43.7 Å². The first-order valence-corrected chi connectivity index (χ1v) is 14.5. The van der Waals surface area contributed by atoms with E-state index >= 15 is 0 Å². The first kappa shape index (κ1) is 31.4. The molecule has 0 aliphatic carbocycles. The Morgan fingerprint density at radius 2 is 2.00 bits per heavy atom. The van der Waals surface area contributed by atoms with Gasteiger partial charge in [0.25, 0.3) is 5.91 Å². The van der Waals surface area contributed by atoms with Gasteiger partial charge in [-0.25, -0.2) is 4.79 Å². The Morgan fingerprint density at radius 3 is 2.63 bits per heavy atom. The number of esters is 1. The number of ether oxygens (including phenoxy) is 1. The highest BCUT2D eigenvalue weighted by atomic mass is 32.2. The Morgan fingerprint density at radius 1 is 1.26 bits per heavy atom. The lowest BCUT2D eigenvalue weighted by molar-refractivity contribution is -0.153. The maximum atomic E-state index is 13.1. The Hall–Kier alpha value is -2.83. The monoisotopic (exact) mass is 564 g/mol. The van der Waals surface area contributed by atoms with Crippen molar-refractivity contribution in [3.8, 4) is 0 Å². The number of carbonyl (C=O) groups excluding carboxylic acids is 4. The van der Waals surface area contributed by atoms with E-state index < -0.39 is 30.3 Å². The third-order valence-corrected chi connectivity index (χ3v) is 7.04. The number of thioether (sulfide) groups is 2. The van der Waals surface area contributed by atoms with Gasteiger partial charge < -0.3 is 25.8 Å². The van der Waals surface area contributed by atoms with Crippen molar-refractivity contribution in [2.45, 2.75) is 70.4 Å². The van der Waals surface area contributed by atoms with Gasteiger partial charge in [-0.3, -0.25) is 19.4 Å². The van der Waals surface area contributed by atoms with Crippen LogP contribution in [0.3, 0.4) is 0 Å². The predicted molar refractivity (Wildman–Crippen MR) is 148 cm³/mol. The van der Waals surface area contributed by atoms with E-state index in [0.717, 1.165) is 4.90 Å². The number of carbonyl (C=O) groups is 4. The first-order valence-electron chi connectivity index (χ1n) is 12.3. The fraction of sp³-hybridized carbons (Fsp3) is 0.500. The van der Waals surface area contributed by atoms with Gasteiger partial charge in [-0.15, -0.1) is 11.8 Å². The molecule has 1 aromatic rings. The lowest BCUT2D eigenvalue weighted by Gasteiger charge is -2.25. The van der Waals surface area contributed by atoms with Gasteiger partial charge in [0, 0.05) is 17.6 Å². The molecule has 2 rings (SSSR count). The van der Waals surface area contributed by atoms with Crippen molar-refractivity contribution >= 4 is 46.4 Å². The molecule has 208 valence electrons. The summed E-state index contributed by atoms with van der Waals surface area (Å²) in [7, 11) is 0. The molecule has 0 radical (unpaired) electrons. The van der Waals surface area contributed by atoms with Gasteiger partial charge in [0.2, 0.25) is 5.91 Å². The number of cyclic esters (lactones) is 1. The molecular weight excluding hydrogens is 528 g/mol. The molecule has 2 bridgehead atoms. The van der Waals surface area contributed by atoms with Crippen molar-refractivity contribution in [3.05, 3.63) is 47.4 Å². The van der Waals surface area contributed by atoms with Gasteiger partial charge in [-0.1, -0.05) is 37.8 Å². The fourth-order valence-corrected chi connectivity index (χ4v) is 4.52. The number of pyridine rings is 1. The minimum atomic E-state index is -1.30. The summed E-state index contributed by atoms with van der Waals surface area (Å²) in [5.41, 5.74) is 0.864. The quantitative estimate of drug-likeness (QED) is 0.134. The molecule has 2 heterocycles. The number of amides is 2. The summed E-state index contributed by atoms with van der Waals surface area (Å²) in [6.45, 7) is 6.74. The Labute approximate surface area is 231 Å². The van der Waals surface area contributed by atoms with E-state index in [-0.39, 0.29) is 41.3 Å². The van der Waals surface area contributed by atoms with Gasteiger partial charge >= 0.3 is 5.97 Å². The zero-order chi connectivity index (χ0) is 28.2. The highest BCUT2D eigenvalue weighted by Gasteiger charge is 2.30. The number of aliphatic hydroxyl groups is 1. The number of rotatable bonds is 6. The van der Waals surface area contributed by atoms with Gasteiger partial charge in [0.05, 0.1) is 30.1 Å². The molecule has 3 atom stereocenters. The Balaban J connectivity index is 2.39. The normalized spacial score (nSPS) is 22.7. The molecule has 1 unspecified atom stereocenters. The second-order valence-electron chi connectivity index (χ2n) is 8.88. The van der Waals surface area contributed by atoms with Crippen molar-refractivity contribution in [2.75, 3.05) is 12.0 Å². The van der Waals surface area contributed by atoms with E-state index in [1.165, 1.54) is 36.5 Å². The Kier molecular flexibility index (Phi) is 12.8. The van der Waals surface area contributed by atoms with E-state index in [9.17, 15) is 24.3 Å². The number of hydrogen-bond donors (Lipinski definition) is 4. The van der Waals surface area contributed by atoms with Gasteiger partial charge in [-0.2, -0.15) is 0 Å². The van der Waals surface area contributed by atoms with Crippen LogP contribution in [0.2, 0.25) is 0 Å². The van der Waals surface area contributed by atoms with E-state index in [1.54, 1.807) is 45.1 Å². The number of hydrogen-bond acceptors (Lipinski definition) is 10. The number of aromatic nitrogens is 1. The molecule has 0 aromatic carbocycles. The molecule has 4 N–H and O–H groups in total. The minimum absolute atomic E-state index is 0.00856. The molecule has 0 saturated carbocycles. The largest absolute Gasteiger partial charge is 0.456 e. The highest BCUT2D eigenvalue weighted by Crippen LogP contribution is 2.21. The molecule has 10 nitrogen and oxygen atoms in total. The van der Waals surface area contributed by atoms with Crippen LogP contribution < -0.4 is 16.0 Å². The molecule has 1 aliphatic rings. The lowest BCUT2D eigenvalue weighted by Crippen LogP contribution is -2.48. The molecule has 2 amide bonds. The molecule has 38 heavy (non-hydrogen) atoms. The number of fused-ring (bicyclic) bond motifs is 2. The maximum absolute atomic E-state index is 13.1. The zero-order valence-corrected chi connectivity index (χ0v) is 23.9. The third kappa shape index (κ3) is 10.1. The van der Waals surface area contributed by atoms with E-state index in [0.29, 0.717) is 17.9 Å². The maximum Gasteiger partial charge on any atom is 0.329 e. The standard InChI is InChI=1S/C26H36N4O6S2/c1-6-20-24(33)30-23(15(2)3)26(35)36-18(9-7-8-10-38-16(4)31)12-22(32)27-14-17-11-19(37-5)13-21(28-17)25(34)29-20/h6-7,9,11,13,15,18,23,25,29,34H,8,10,12,14H2,1-5H3,(H,27,32)(H,30,33)/b9-7+,20-6-/t18-,23+,25?/m1/s1. The Bertz CT molecular complexity index is 1080. The van der Waals surface area contributed by atoms with Crippen LogP contribution in [0.15, 0.2) is 41.0 Å². The van der Waals surface area contributed by atoms with Crippen LogP contribution in [0.25, 0.3) is 0 Å². The molecule has 1 aromatic heterocycles. The predicted octanol–water partition coefficient (Wildman–Crippen LogP) is 2.59. The molecule has 12 heteroatoms. The SMILES string of the molecule is C/C=C1\NC(O)c2cc(SC)cc(n2)CNC(=O)C[C@@H](/C=C/CCSC(C)=O)OC(=O)[C@H](C(C)C)NC1=O. The van der Waals surface area contributed by atoms with Crippen molar-refractivity contribution in [1.82, 2.24) is 20.9 Å². The summed E-state index contributed by atoms with van der Waals surface area (Å²) in [6, 6.07) is 2.49. The first-order chi connectivity index (χ1) is 18.0. The average Bonchev–Trinajstić information content (AvgIpc) is 2.87. The van der Waals surface area contributed by atoms with Crippen LogP contribution in [-0.4, -0.2) is 57.1 Å². The van der Waals surface area contributed by atoms with Crippen LogP contribution in [-0.2, 0) is 30.5 Å². The van der Waals surface area contributed by atoms with Crippen molar-refractivity contribution < 1.29 is 29.0 Å². The summed E-state index contributed by atoms with van der Waals surface area (Å²) in [4.78, 5) is 55.3. The number of allylic oxidation sites excluding steroid dienone is 2. The van der Waals surface area contributed by atoms with Crippen LogP contribution in [0.4, 0.5) is 0 Å². The lowest BCUT2D eigenvalue weighted by atomic mass is 10.0. The third-order valence-electron chi connectivity index (χ3n) is 5.48. The van der Waals surface area contributed by atoms with Crippen LogP contribution in [0.5, 0.6) is 0 Å². The zero-order valence-electron chi connectivity index (χ0n) is 22.3. The molecule has 1 aliphatic heterocycles. The van der Waals surface area contributed by atoms with E-state index in [1.807, 2.05) is 6.26 Å². The molecule has 0 fully saturated rings. The smallest absolute Gasteiger partial charge is 0.329 e. The minimum Gasteiger partial charge on any atom is -0.456 e. The van der Waals surface area contributed by atoms with Gasteiger partial charge in [0.1, 0.15) is 12.1 Å². The average molecular weight is 565 g/mol. The summed E-state index contributed by atoms with van der Waals surface area (Å²) in [5, 5.41) is 19.0. The summed E-state index contributed by atoms with van der Waals surface area (Å²) in [6.07, 6.45) is 5.00. The number of nitrogens with one attached hydrogen (secondary N) is 3. The summed E-state index contributed by atoms with van der Waals surface area (Å²) >= 11 is 2.64. The van der Waals surface area contributed by atoms with E-state index in [4.69, 9.17) is 4.74 Å². The van der Waals surface area contributed by atoms with Crippen molar-refractivity contribution in [2.24, 2.45) is 5.92 Å². The molecular formula is C26H36N4O6S2. The second-order valence-corrected chi connectivity index (χ2v) is 11.0. The van der Waals surface area contributed by atoms with Gasteiger partial charge in [0.15, 0.2) is 11.3 Å². The number of nitrogens with zero attached hydrogens (tertiary/aromatic N) is 1. The summed E-state index contributed by atoms with van der Waals surface area (Å²) < 4.78 is 5.66. The van der Waals surface area contributed by atoms with Crippen LogP contribution in [0.1, 0.15) is 58.2 Å². The second kappa shape index (κ2) is 15.6. The molecule has 0 saturated heterocycles. The summed E-state index contributed by atoms with van der Waals surface area (Å²) in [5.74, 6) is -1.40. The molecule has 0 spiro atoms. The fourth-order valence-electron chi connectivity index (χ4n) is 3.48. The topological polar surface area (TPSA) is 147 Å². The highest BCUT2D eigenvalue weighted by molar-refractivity contribution is 8.13. The van der Waals surface area contributed by atoms with E-state index in [2.05, 4.69) is 20.9 Å². The van der Waals surface area contributed by atoms with Crippen LogP contribution in [0, 0.1) is 5.92 Å². The van der Waals surface area contributed by atoms with Crippen LogP contribution >= 0.6 is 23.5 Å². The number of aliphatic hydroxyl groups excluding tert-OH is 1. The van der Waals surface area contributed by atoms with Crippen molar-refractivity contribution in [1.29, 1.82) is 0 Å². The van der Waals surface area contributed by atoms with Crippen molar-refractivity contribution in [3.63, 3.8) is 0 Å².